The molecule has 0 aliphatic carbocycles. The van der Waals surface area contributed by atoms with Crippen LogP contribution in [0, 0.1) is 0 Å². The summed E-state index contributed by atoms with van der Waals surface area (Å²) in [6.07, 6.45) is -3.40. The lowest BCUT2D eigenvalue weighted by atomic mass is 10.1. The Morgan fingerprint density at radius 3 is 2.55 bits per heavy atom. The molecule has 106 valence electrons. The van der Waals surface area contributed by atoms with E-state index in [1.807, 2.05) is 0 Å². The van der Waals surface area contributed by atoms with Crippen molar-refractivity contribution in [2.45, 2.75) is 6.18 Å². The summed E-state index contributed by atoms with van der Waals surface area (Å²) < 4.78 is 39.4. The van der Waals surface area contributed by atoms with Crippen molar-refractivity contribution in [1.29, 1.82) is 0 Å². The molecular weight excluding hydrogens is 295 g/mol. The fourth-order valence-corrected chi connectivity index (χ4v) is 1.90. The van der Waals surface area contributed by atoms with E-state index < -0.39 is 17.3 Å². The highest BCUT2D eigenvalue weighted by molar-refractivity contribution is 6.32. The highest BCUT2D eigenvalue weighted by Gasteiger charge is 2.34. The Bertz CT molecular complexity index is 697. The Morgan fingerprint density at radius 1 is 1.30 bits per heavy atom. The molecule has 1 heterocycles. The standard InChI is InChI=1S/C12H9ClF3N3O/c1-17-8-6-18-19(11(20)10(8)13)9-5-3-2-4-7(9)12(14,15)16/h2-6,17H,1H3. The summed E-state index contributed by atoms with van der Waals surface area (Å²) in [4.78, 5) is 12.0. The molecule has 0 unspecified atom stereocenters. The van der Waals surface area contributed by atoms with Crippen LogP contribution in [0.5, 0.6) is 0 Å². The molecule has 1 N–H and O–H groups in total. The monoisotopic (exact) mass is 303 g/mol. The number of para-hydroxylation sites is 1. The Labute approximate surface area is 116 Å². The quantitative estimate of drug-likeness (QED) is 0.928. The normalized spacial score (nSPS) is 11.4. The molecule has 0 atom stereocenters. The zero-order valence-electron chi connectivity index (χ0n) is 10.2. The molecule has 8 heteroatoms. The predicted octanol–water partition coefficient (Wildman–Crippen LogP) is 2.95. The largest absolute Gasteiger partial charge is 0.418 e. The number of benzene rings is 1. The number of alkyl halides is 3. The van der Waals surface area contributed by atoms with Gasteiger partial charge in [0.05, 0.1) is 23.1 Å². The fourth-order valence-electron chi connectivity index (χ4n) is 1.68. The van der Waals surface area contributed by atoms with Gasteiger partial charge >= 0.3 is 6.18 Å². The van der Waals surface area contributed by atoms with Crippen molar-refractivity contribution in [2.24, 2.45) is 0 Å². The van der Waals surface area contributed by atoms with Gasteiger partial charge in [0.2, 0.25) is 0 Å². The van der Waals surface area contributed by atoms with Crippen molar-refractivity contribution in [3.63, 3.8) is 0 Å². The average Bonchev–Trinajstić information content (AvgIpc) is 2.41. The molecule has 1 aromatic heterocycles. The van der Waals surface area contributed by atoms with Crippen LogP contribution in [0.2, 0.25) is 5.02 Å². The Kier molecular flexibility index (Phi) is 3.71. The van der Waals surface area contributed by atoms with Gasteiger partial charge in [-0.25, -0.2) is 0 Å². The van der Waals surface area contributed by atoms with Crippen LogP contribution in [0.25, 0.3) is 5.69 Å². The number of nitrogens with one attached hydrogen (secondary N) is 1. The van der Waals surface area contributed by atoms with Gasteiger partial charge in [0.25, 0.3) is 5.56 Å². The first-order valence-electron chi connectivity index (χ1n) is 5.48. The first-order valence-corrected chi connectivity index (χ1v) is 5.86. The zero-order valence-corrected chi connectivity index (χ0v) is 11.0. The number of hydrogen-bond donors (Lipinski definition) is 1. The van der Waals surface area contributed by atoms with E-state index in [-0.39, 0.29) is 16.4 Å². The summed E-state index contributed by atoms with van der Waals surface area (Å²) in [6, 6.07) is 4.66. The molecule has 0 saturated heterocycles. The second kappa shape index (κ2) is 5.16. The number of nitrogens with zero attached hydrogens (tertiary/aromatic N) is 2. The Morgan fingerprint density at radius 2 is 1.95 bits per heavy atom. The highest BCUT2D eigenvalue weighted by atomic mass is 35.5. The highest BCUT2D eigenvalue weighted by Crippen LogP contribution is 2.33. The van der Waals surface area contributed by atoms with Crippen molar-refractivity contribution in [3.8, 4) is 5.69 Å². The third-order valence-electron chi connectivity index (χ3n) is 2.63. The minimum atomic E-state index is -4.59. The van der Waals surface area contributed by atoms with Crippen molar-refractivity contribution in [2.75, 3.05) is 12.4 Å². The van der Waals surface area contributed by atoms with Gasteiger partial charge in [-0.15, -0.1) is 0 Å². The first-order chi connectivity index (χ1) is 9.36. The van der Waals surface area contributed by atoms with Gasteiger partial charge in [-0.1, -0.05) is 23.7 Å². The van der Waals surface area contributed by atoms with Crippen LogP contribution in [0.1, 0.15) is 5.56 Å². The van der Waals surface area contributed by atoms with E-state index in [0.717, 1.165) is 12.1 Å². The van der Waals surface area contributed by atoms with E-state index >= 15 is 0 Å². The van der Waals surface area contributed by atoms with E-state index in [9.17, 15) is 18.0 Å². The van der Waals surface area contributed by atoms with Crippen molar-refractivity contribution in [3.05, 3.63) is 51.4 Å². The van der Waals surface area contributed by atoms with Gasteiger partial charge in [0, 0.05) is 7.05 Å². The Balaban J connectivity index is 2.71. The molecular formula is C12H9ClF3N3O. The van der Waals surface area contributed by atoms with Crippen LogP contribution < -0.4 is 10.9 Å². The smallest absolute Gasteiger partial charge is 0.385 e. The molecule has 0 fully saturated rings. The number of anilines is 1. The van der Waals surface area contributed by atoms with Crippen LogP contribution >= 0.6 is 11.6 Å². The van der Waals surface area contributed by atoms with Gasteiger partial charge in [0.15, 0.2) is 0 Å². The summed E-state index contributed by atoms with van der Waals surface area (Å²) in [5.41, 5.74) is -1.90. The molecule has 2 aromatic rings. The van der Waals surface area contributed by atoms with E-state index in [2.05, 4.69) is 10.4 Å². The molecule has 0 aliphatic rings. The van der Waals surface area contributed by atoms with Gasteiger partial charge in [-0.2, -0.15) is 23.0 Å². The third kappa shape index (κ3) is 2.49. The average molecular weight is 304 g/mol. The molecule has 0 amide bonds. The number of halogens is 4. The number of rotatable bonds is 2. The van der Waals surface area contributed by atoms with Crippen molar-refractivity contribution < 1.29 is 13.2 Å². The SMILES string of the molecule is CNc1cnn(-c2ccccc2C(F)(F)F)c(=O)c1Cl. The van der Waals surface area contributed by atoms with Crippen molar-refractivity contribution in [1.82, 2.24) is 9.78 Å². The molecule has 0 aliphatic heterocycles. The molecule has 1 aromatic carbocycles. The lowest BCUT2D eigenvalue weighted by Crippen LogP contribution is -2.25. The van der Waals surface area contributed by atoms with Crippen LogP contribution in [0.15, 0.2) is 35.3 Å². The van der Waals surface area contributed by atoms with Crippen LogP contribution in [-0.4, -0.2) is 16.8 Å². The molecule has 0 saturated carbocycles. The van der Waals surface area contributed by atoms with E-state index in [1.54, 1.807) is 0 Å². The summed E-state index contributed by atoms with van der Waals surface area (Å²) in [5, 5.41) is 6.12. The topological polar surface area (TPSA) is 46.9 Å². The van der Waals surface area contributed by atoms with E-state index in [1.165, 1.54) is 25.4 Å². The van der Waals surface area contributed by atoms with E-state index in [0.29, 0.717) is 4.68 Å². The summed E-state index contributed by atoms with van der Waals surface area (Å²) in [5.74, 6) is 0. The van der Waals surface area contributed by atoms with Gasteiger partial charge in [-0.05, 0) is 12.1 Å². The summed E-state index contributed by atoms with van der Waals surface area (Å²) >= 11 is 5.80. The molecule has 2 rings (SSSR count). The summed E-state index contributed by atoms with van der Waals surface area (Å²) in [6.45, 7) is 0. The first kappa shape index (κ1) is 14.4. The lowest BCUT2D eigenvalue weighted by Gasteiger charge is -2.14. The molecule has 0 spiro atoms. The van der Waals surface area contributed by atoms with Gasteiger partial charge in [0.1, 0.15) is 5.02 Å². The minimum absolute atomic E-state index is 0.223. The number of aromatic nitrogens is 2. The van der Waals surface area contributed by atoms with E-state index in [4.69, 9.17) is 11.6 Å². The van der Waals surface area contributed by atoms with Gasteiger partial charge in [-0.3, -0.25) is 4.79 Å². The Hall–Kier alpha value is -2.02. The maximum absolute atomic E-state index is 12.9. The maximum Gasteiger partial charge on any atom is 0.418 e. The molecule has 20 heavy (non-hydrogen) atoms. The predicted molar refractivity (Wildman–Crippen MR) is 69.4 cm³/mol. The second-order valence-corrected chi connectivity index (χ2v) is 4.23. The molecule has 4 nitrogen and oxygen atoms in total. The fraction of sp³-hybridized carbons (Fsp3) is 0.167. The minimum Gasteiger partial charge on any atom is -0.385 e. The maximum atomic E-state index is 12.9. The summed E-state index contributed by atoms with van der Waals surface area (Å²) in [7, 11) is 1.52. The second-order valence-electron chi connectivity index (χ2n) is 3.85. The van der Waals surface area contributed by atoms with Gasteiger partial charge < -0.3 is 5.32 Å². The van der Waals surface area contributed by atoms with Crippen LogP contribution in [-0.2, 0) is 6.18 Å². The van der Waals surface area contributed by atoms with Crippen LogP contribution in [0.4, 0.5) is 18.9 Å². The van der Waals surface area contributed by atoms with Crippen molar-refractivity contribution >= 4 is 17.3 Å². The molecule has 0 bridgehead atoms. The zero-order chi connectivity index (χ0) is 14.9. The lowest BCUT2D eigenvalue weighted by molar-refractivity contribution is -0.137. The molecule has 0 radical (unpaired) electrons. The number of hydrogen-bond acceptors (Lipinski definition) is 3. The third-order valence-corrected chi connectivity index (χ3v) is 2.99. The van der Waals surface area contributed by atoms with Crippen LogP contribution in [0.3, 0.4) is 0 Å².